The molecular formula is C26H29BrN2O6. The molecule has 0 saturated carbocycles. The number of alkyl halides is 1. The number of ether oxygens (including phenoxy) is 3. The second-order valence-electron chi connectivity index (χ2n) is 9.43. The Hall–Kier alpha value is -3.04. The molecule has 1 amide bonds. The Kier molecular flexibility index (Phi) is 7.10. The number of carbonyl (C=O) groups is 2. The van der Waals surface area contributed by atoms with Crippen LogP contribution in [0.1, 0.15) is 42.3 Å². The number of halogens is 1. The molecule has 1 aliphatic rings. The van der Waals surface area contributed by atoms with E-state index in [9.17, 15) is 14.7 Å². The van der Waals surface area contributed by atoms with Gasteiger partial charge in [-0.1, -0.05) is 46.3 Å². The zero-order chi connectivity index (χ0) is 25.3. The zero-order valence-corrected chi connectivity index (χ0v) is 21.7. The van der Waals surface area contributed by atoms with Crippen molar-refractivity contribution in [3.63, 3.8) is 0 Å². The Labute approximate surface area is 212 Å². The Morgan fingerprint density at radius 1 is 1.14 bits per heavy atom. The van der Waals surface area contributed by atoms with Gasteiger partial charge in [0.1, 0.15) is 22.9 Å². The van der Waals surface area contributed by atoms with Crippen LogP contribution in [0.15, 0.2) is 48.7 Å². The van der Waals surface area contributed by atoms with Gasteiger partial charge in [-0.2, -0.15) is 0 Å². The largest absolute Gasteiger partial charge is 0.488 e. The normalized spacial score (nSPS) is 17.4. The maximum atomic E-state index is 12.6. The van der Waals surface area contributed by atoms with Crippen molar-refractivity contribution in [1.29, 1.82) is 0 Å². The number of hydrogen-bond acceptors (Lipinski definition) is 6. The molecule has 186 valence electrons. The van der Waals surface area contributed by atoms with Gasteiger partial charge >= 0.3 is 12.1 Å². The quantitative estimate of drug-likeness (QED) is 0.198. The summed E-state index contributed by atoms with van der Waals surface area (Å²) >= 11 is 3.55. The molecule has 9 heteroatoms. The highest BCUT2D eigenvalue weighted by Gasteiger charge is 2.51. The van der Waals surface area contributed by atoms with E-state index in [1.54, 1.807) is 17.0 Å². The third kappa shape index (κ3) is 5.46. The van der Waals surface area contributed by atoms with Crippen molar-refractivity contribution in [2.45, 2.75) is 57.1 Å². The van der Waals surface area contributed by atoms with Gasteiger partial charge in [-0.25, -0.2) is 9.59 Å². The number of fused-ring (bicyclic) bond motifs is 1. The molecular weight excluding hydrogens is 516 g/mol. The Morgan fingerprint density at radius 2 is 1.86 bits per heavy atom. The standard InChI is InChI=1S/C26H29BrN2O6/c1-26(2,3)35-25(32)29-20(23(29)27)13-28-12-18(14-30)22-19(28)10-17(24(31)33-4)11-21(22)34-15-16-8-6-5-7-9-16/h5-12,20,23,30H,13-15H2,1-4H3/t20-,23?,29?/m0/s1. The van der Waals surface area contributed by atoms with E-state index in [2.05, 4.69) is 15.9 Å². The first-order valence-corrected chi connectivity index (χ1v) is 12.2. The molecule has 3 aromatic rings. The molecule has 2 heterocycles. The third-order valence-corrected chi connectivity index (χ3v) is 6.74. The molecule has 0 aliphatic carbocycles. The average Bonchev–Trinajstić information content (AvgIpc) is 3.32. The molecule has 8 nitrogen and oxygen atoms in total. The van der Waals surface area contributed by atoms with Gasteiger partial charge < -0.3 is 23.9 Å². The van der Waals surface area contributed by atoms with E-state index in [0.717, 1.165) is 5.56 Å². The molecule has 0 radical (unpaired) electrons. The van der Waals surface area contributed by atoms with Gasteiger partial charge in [-0.05, 0) is 38.5 Å². The van der Waals surface area contributed by atoms with Gasteiger partial charge in [-0.3, -0.25) is 4.90 Å². The summed E-state index contributed by atoms with van der Waals surface area (Å²) in [4.78, 5) is 26.4. The number of aliphatic hydroxyl groups is 1. The minimum absolute atomic E-state index is 0.150. The summed E-state index contributed by atoms with van der Waals surface area (Å²) < 4.78 is 18.5. The summed E-state index contributed by atoms with van der Waals surface area (Å²) in [6, 6.07) is 12.9. The van der Waals surface area contributed by atoms with E-state index in [-0.39, 0.29) is 17.6 Å². The molecule has 2 atom stereocenters. The number of amides is 1. The number of rotatable bonds is 7. The van der Waals surface area contributed by atoms with Gasteiger partial charge in [-0.15, -0.1) is 0 Å². The first-order chi connectivity index (χ1) is 16.6. The van der Waals surface area contributed by atoms with Crippen molar-refractivity contribution in [1.82, 2.24) is 9.47 Å². The molecule has 1 unspecified atom stereocenters. The molecule has 35 heavy (non-hydrogen) atoms. The Bertz CT molecular complexity index is 1230. The Morgan fingerprint density at radius 3 is 2.49 bits per heavy atom. The molecule has 1 fully saturated rings. The van der Waals surface area contributed by atoms with Crippen molar-refractivity contribution in [3.05, 3.63) is 65.4 Å². The predicted octanol–water partition coefficient (Wildman–Crippen LogP) is 4.84. The van der Waals surface area contributed by atoms with Gasteiger partial charge in [0.05, 0.1) is 30.8 Å². The first-order valence-electron chi connectivity index (χ1n) is 11.3. The highest BCUT2D eigenvalue weighted by atomic mass is 79.9. The van der Waals surface area contributed by atoms with Crippen LogP contribution in [0.3, 0.4) is 0 Å². The van der Waals surface area contributed by atoms with Crippen molar-refractivity contribution in [2.24, 2.45) is 0 Å². The second-order valence-corrected chi connectivity index (χ2v) is 10.4. The number of aromatic nitrogens is 1. The monoisotopic (exact) mass is 544 g/mol. The lowest BCUT2D eigenvalue weighted by molar-refractivity contribution is 0.0401. The number of methoxy groups -OCH3 is 1. The van der Waals surface area contributed by atoms with E-state index >= 15 is 0 Å². The molecule has 1 aliphatic heterocycles. The van der Waals surface area contributed by atoms with Crippen LogP contribution in [0.25, 0.3) is 10.9 Å². The zero-order valence-electron chi connectivity index (χ0n) is 20.2. The molecule has 1 saturated heterocycles. The van der Waals surface area contributed by atoms with E-state index in [1.165, 1.54) is 7.11 Å². The smallest absolute Gasteiger partial charge is 0.411 e. The van der Waals surface area contributed by atoms with Crippen LogP contribution < -0.4 is 4.74 Å². The highest BCUT2D eigenvalue weighted by Crippen LogP contribution is 2.39. The summed E-state index contributed by atoms with van der Waals surface area (Å²) in [5.41, 5.74) is 2.08. The summed E-state index contributed by atoms with van der Waals surface area (Å²) in [7, 11) is 1.33. The van der Waals surface area contributed by atoms with Crippen LogP contribution in [0.2, 0.25) is 0 Å². The van der Waals surface area contributed by atoms with Gasteiger partial charge in [0, 0.05) is 23.7 Å². The van der Waals surface area contributed by atoms with E-state index in [1.807, 2.05) is 61.9 Å². The lowest BCUT2D eigenvalue weighted by Crippen LogP contribution is -2.28. The minimum atomic E-state index is -0.596. The molecule has 0 spiro atoms. The van der Waals surface area contributed by atoms with Gasteiger partial charge in [0.15, 0.2) is 0 Å². The molecule has 4 rings (SSSR count). The predicted molar refractivity (Wildman–Crippen MR) is 135 cm³/mol. The lowest BCUT2D eigenvalue weighted by atomic mass is 10.1. The van der Waals surface area contributed by atoms with Crippen LogP contribution in [0.5, 0.6) is 5.75 Å². The molecule has 1 aromatic heterocycles. The number of nitrogens with zero attached hydrogens (tertiary/aromatic N) is 2. The minimum Gasteiger partial charge on any atom is -0.488 e. The molecule has 2 aromatic carbocycles. The second kappa shape index (κ2) is 9.91. The molecule has 1 N–H and O–H groups in total. The third-order valence-electron chi connectivity index (χ3n) is 5.69. The first kappa shape index (κ1) is 25.1. The number of carbonyl (C=O) groups excluding carboxylic acids is 2. The van der Waals surface area contributed by atoms with Crippen LogP contribution in [0, 0.1) is 0 Å². The van der Waals surface area contributed by atoms with E-state index in [4.69, 9.17) is 14.2 Å². The highest BCUT2D eigenvalue weighted by molar-refractivity contribution is 9.09. The van der Waals surface area contributed by atoms with Gasteiger partial charge in [0.25, 0.3) is 0 Å². The summed E-state index contributed by atoms with van der Waals surface area (Å²) in [5, 5.41) is 10.8. The van der Waals surface area contributed by atoms with Crippen LogP contribution in [-0.4, -0.2) is 50.3 Å². The van der Waals surface area contributed by atoms with Crippen LogP contribution in [0.4, 0.5) is 4.79 Å². The lowest BCUT2D eigenvalue weighted by Gasteiger charge is -2.20. The number of hydrogen-bond donors (Lipinski definition) is 1. The van der Waals surface area contributed by atoms with E-state index < -0.39 is 17.7 Å². The number of benzene rings is 2. The van der Waals surface area contributed by atoms with Crippen molar-refractivity contribution in [2.75, 3.05) is 7.11 Å². The van der Waals surface area contributed by atoms with Crippen molar-refractivity contribution >= 4 is 38.9 Å². The van der Waals surface area contributed by atoms with Crippen LogP contribution >= 0.6 is 15.9 Å². The maximum Gasteiger partial charge on any atom is 0.411 e. The summed E-state index contributed by atoms with van der Waals surface area (Å²) in [5.74, 6) is -0.0142. The number of aliphatic hydroxyl groups excluding tert-OH is 1. The average molecular weight is 545 g/mol. The fourth-order valence-electron chi connectivity index (χ4n) is 4.00. The fourth-order valence-corrected chi connectivity index (χ4v) is 4.76. The van der Waals surface area contributed by atoms with E-state index in [0.29, 0.717) is 40.9 Å². The number of esters is 1. The van der Waals surface area contributed by atoms with Crippen molar-refractivity contribution < 1.29 is 28.9 Å². The summed E-state index contributed by atoms with van der Waals surface area (Å²) in [6.45, 7) is 6.01. The topological polar surface area (TPSA) is 90.0 Å². The maximum absolute atomic E-state index is 12.6. The SMILES string of the molecule is COC(=O)c1cc(OCc2ccccc2)c2c(CO)cn(C[C@H]3C(Br)N3C(=O)OC(C)(C)C)c2c1. The molecule has 0 bridgehead atoms. The fraction of sp³-hybridized carbons (Fsp3) is 0.385. The van der Waals surface area contributed by atoms with Crippen LogP contribution in [-0.2, 0) is 29.2 Å². The van der Waals surface area contributed by atoms with Gasteiger partial charge in [0.2, 0.25) is 0 Å². The van der Waals surface area contributed by atoms with Crippen molar-refractivity contribution in [3.8, 4) is 5.75 Å². The Balaban J connectivity index is 1.68. The summed E-state index contributed by atoms with van der Waals surface area (Å²) in [6.07, 6.45) is 1.43.